The second kappa shape index (κ2) is 13.0. The molecule has 12 nitrogen and oxygen atoms in total. The van der Waals surface area contributed by atoms with Crippen LogP contribution < -0.4 is 9.80 Å². The van der Waals surface area contributed by atoms with Crippen molar-refractivity contribution in [2.75, 3.05) is 9.80 Å². The Morgan fingerprint density at radius 3 is 1.72 bits per heavy atom. The molecule has 2 aliphatic heterocycles. The van der Waals surface area contributed by atoms with Gasteiger partial charge in [0, 0.05) is 35.6 Å². The average molecular weight is 717 g/mol. The molecule has 1 fully saturated rings. The van der Waals surface area contributed by atoms with Crippen molar-refractivity contribution >= 4 is 34.7 Å². The highest BCUT2D eigenvalue weighted by atomic mass is 16.2. The minimum atomic E-state index is -0.617. The van der Waals surface area contributed by atoms with Crippen LogP contribution in [0.15, 0.2) is 85.7 Å². The summed E-state index contributed by atoms with van der Waals surface area (Å²) in [6.07, 6.45) is 12.8. The first-order chi connectivity index (χ1) is 25.8. The molecular weight excluding hydrogens is 677 g/mol. The first-order valence-electron chi connectivity index (χ1n) is 18.0. The predicted molar refractivity (Wildman–Crippen MR) is 206 cm³/mol. The quantitative estimate of drug-likeness (QED) is 0.175. The molecule has 12 heteroatoms. The number of amides is 2. The molecule has 0 N–H and O–H groups in total. The fourth-order valence-corrected chi connectivity index (χ4v) is 6.96. The number of nitrogens with zero attached hydrogens (tertiary/aromatic N) is 10. The van der Waals surface area contributed by atoms with Gasteiger partial charge in [0.2, 0.25) is 11.8 Å². The standard InChI is InChI=1S/C22H21N5O.C20H19N5O/c1-13-23-11-16(12-24-13)15-6-7-17-19(10-15)27(21(28)22(17,2)3)20-9-8-18(25-26-20)14-4-5-14;1-12-8-24-17(11-21-12)14-5-6-16-18(7-14)25(19(26)20(16,3)4)15-9-22-13(2)23-10-15/h6-12,14H,4-5H2,1-3H3;5-11H,1-4H3. The number of hydrogen-bond acceptors (Lipinski definition) is 10. The SMILES string of the molecule is Cc1cnc(-c2ccc3c(c2)N(c2cnc(C)nc2)C(=O)C3(C)C)cn1.Cc1ncc(-c2ccc3c(c2)N(c2ccc(C4CC4)nn2)C(=O)C3(C)C)cn1. The average Bonchev–Trinajstić information content (AvgIpc) is 3.97. The fourth-order valence-electron chi connectivity index (χ4n) is 6.96. The Bertz CT molecular complexity index is 2410. The van der Waals surface area contributed by atoms with E-state index in [4.69, 9.17) is 0 Å². The van der Waals surface area contributed by atoms with E-state index in [1.807, 2.05) is 97.0 Å². The van der Waals surface area contributed by atoms with Gasteiger partial charge in [-0.1, -0.05) is 24.3 Å². The monoisotopic (exact) mass is 716 g/mol. The molecule has 0 bridgehead atoms. The van der Waals surface area contributed by atoms with Gasteiger partial charge in [-0.2, -0.15) is 5.10 Å². The Balaban J connectivity index is 0.000000154. The summed E-state index contributed by atoms with van der Waals surface area (Å²) in [5.41, 5.74) is 8.55. The first kappa shape index (κ1) is 34.8. The highest BCUT2D eigenvalue weighted by Crippen LogP contribution is 2.48. The van der Waals surface area contributed by atoms with E-state index in [-0.39, 0.29) is 11.8 Å². The number of aryl methyl sites for hydroxylation is 3. The van der Waals surface area contributed by atoms with Crippen LogP contribution in [0.2, 0.25) is 0 Å². The Labute approximate surface area is 313 Å². The highest BCUT2D eigenvalue weighted by Gasteiger charge is 2.46. The lowest BCUT2D eigenvalue weighted by atomic mass is 9.85. The van der Waals surface area contributed by atoms with E-state index in [9.17, 15) is 9.59 Å². The van der Waals surface area contributed by atoms with Crippen molar-refractivity contribution in [3.63, 3.8) is 0 Å². The maximum atomic E-state index is 13.2. The number of anilines is 4. The molecule has 0 atom stereocenters. The second-order valence-electron chi connectivity index (χ2n) is 15.1. The van der Waals surface area contributed by atoms with Crippen LogP contribution in [0.3, 0.4) is 0 Å². The van der Waals surface area contributed by atoms with Gasteiger partial charge in [-0.25, -0.2) is 19.9 Å². The molecule has 4 aromatic heterocycles. The summed E-state index contributed by atoms with van der Waals surface area (Å²) in [6, 6.07) is 15.9. The number of aromatic nitrogens is 8. The molecule has 54 heavy (non-hydrogen) atoms. The molecule has 1 aliphatic carbocycles. The molecule has 2 amide bonds. The van der Waals surface area contributed by atoms with E-state index < -0.39 is 10.8 Å². The third kappa shape index (κ3) is 6.07. The molecule has 9 rings (SSSR count). The predicted octanol–water partition coefficient (Wildman–Crippen LogP) is 7.58. The maximum Gasteiger partial charge on any atom is 0.242 e. The van der Waals surface area contributed by atoms with Gasteiger partial charge in [0.05, 0.1) is 63.6 Å². The third-order valence-electron chi connectivity index (χ3n) is 10.4. The van der Waals surface area contributed by atoms with E-state index in [0.29, 0.717) is 23.2 Å². The van der Waals surface area contributed by atoms with Gasteiger partial charge >= 0.3 is 0 Å². The van der Waals surface area contributed by atoms with Gasteiger partial charge in [0.1, 0.15) is 11.6 Å². The molecule has 1 saturated carbocycles. The van der Waals surface area contributed by atoms with Gasteiger partial charge in [-0.05, 0) is 102 Å². The lowest BCUT2D eigenvalue weighted by Gasteiger charge is -2.20. The lowest BCUT2D eigenvalue weighted by molar-refractivity contribution is -0.122. The summed E-state index contributed by atoms with van der Waals surface area (Å²) in [5.74, 6) is 2.52. The van der Waals surface area contributed by atoms with Crippen molar-refractivity contribution in [2.45, 2.75) is 78.1 Å². The molecule has 6 heterocycles. The van der Waals surface area contributed by atoms with Crippen LogP contribution in [0.4, 0.5) is 22.9 Å². The topological polar surface area (TPSA) is 144 Å². The van der Waals surface area contributed by atoms with Crippen LogP contribution in [0.25, 0.3) is 22.4 Å². The van der Waals surface area contributed by atoms with Crippen molar-refractivity contribution < 1.29 is 9.59 Å². The van der Waals surface area contributed by atoms with Crippen LogP contribution >= 0.6 is 0 Å². The van der Waals surface area contributed by atoms with E-state index in [1.54, 1.807) is 47.0 Å². The van der Waals surface area contributed by atoms with Crippen LogP contribution in [0.1, 0.15) is 80.6 Å². The number of carbonyl (C=O) groups excluding carboxylic acids is 2. The Kier molecular flexibility index (Phi) is 8.35. The molecule has 0 saturated heterocycles. The van der Waals surface area contributed by atoms with Gasteiger partial charge in [0.15, 0.2) is 5.82 Å². The number of fused-ring (bicyclic) bond motifs is 2. The minimum Gasteiger partial charge on any atom is -0.277 e. The van der Waals surface area contributed by atoms with E-state index in [1.165, 1.54) is 12.8 Å². The van der Waals surface area contributed by atoms with Crippen LogP contribution in [0, 0.1) is 20.8 Å². The van der Waals surface area contributed by atoms with E-state index in [0.717, 1.165) is 62.1 Å². The van der Waals surface area contributed by atoms with Crippen molar-refractivity contribution in [1.82, 2.24) is 40.1 Å². The Hall–Kier alpha value is -6.30. The molecular formula is C42H40N10O2. The van der Waals surface area contributed by atoms with Crippen molar-refractivity contribution in [2.24, 2.45) is 0 Å². The fraction of sp³-hybridized carbons (Fsp3) is 0.286. The molecule has 6 aromatic rings. The lowest BCUT2D eigenvalue weighted by Crippen LogP contribution is -2.33. The zero-order valence-corrected chi connectivity index (χ0v) is 31.4. The number of hydrogen-bond donors (Lipinski definition) is 0. The molecule has 0 radical (unpaired) electrons. The summed E-state index contributed by atoms with van der Waals surface area (Å²) in [4.78, 5) is 55.6. The van der Waals surface area contributed by atoms with Crippen molar-refractivity contribution in [1.29, 1.82) is 0 Å². The van der Waals surface area contributed by atoms with Crippen molar-refractivity contribution in [3.05, 3.63) is 120 Å². The van der Waals surface area contributed by atoms with Crippen LogP contribution in [-0.4, -0.2) is 51.9 Å². The van der Waals surface area contributed by atoms with Crippen LogP contribution in [-0.2, 0) is 20.4 Å². The molecule has 3 aliphatic rings. The Morgan fingerprint density at radius 2 is 1.15 bits per heavy atom. The van der Waals surface area contributed by atoms with Crippen LogP contribution in [0.5, 0.6) is 0 Å². The maximum absolute atomic E-state index is 13.2. The van der Waals surface area contributed by atoms with Gasteiger partial charge in [-0.3, -0.25) is 29.4 Å². The van der Waals surface area contributed by atoms with Crippen molar-refractivity contribution in [3.8, 4) is 22.4 Å². The summed E-state index contributed by atoms with van der Waals surface area (Å²) < 4.78 is 0. The summed E-state index contributed by atoms with van der Waals surface area (Å²) in [6.45, 7) is 13.4. The molecule has 0 unspecified atom stereocenters. The normalized spacial score (nSPS) is 16.5. The molecule has 270 valence electrons. The number of rotatable bonds is 5. The minimum absolute atomic E-state index is 0.00657. The first-order valence-corrected chi connectivity index (χ1v) is 18.0. The summed E-state index contributed by atoms with van der Waals surface area (Å²) >= 11 is 0. The van der Waals surface area contributed by atoms with Gasteiger partial charge in [-0.15, -0.1) is 5.10 Å². The smallest absolute Gasteiger partial charge is 0.242 e. The Morgan fingerprint density at radius 1 is 0.574 bits per heavy atom. The molecule has 2 aromatic carbocycles. The van der Waals surface area contributed by atoms with Gasteiger partial charge in [0.25, 0.3) is 0 Å². The third-order valence-corrected chi connectivity index (χ3v) is 10.4. The zero-order valence-electron chi connectivity index (χ0n) is 31.4. The largest absolute Gasteiger partial charge is 0.277 e. The number of carbonyl (C=O) groups is 2. The van der Waals surface area contributed by atoms with Gasteiger partial charge < -0.3 is 0 Å². The van der Waals surface area contributed by atoms with E-state index >= 15 is 0 Å². The zero-order chi connectivity index (χ0) is 37.9. The molecule has 0 spiro atoms. The summed E-state index contributed by atoms with van der Waals surface area (Å²) in [7, 11) is 0. The highest BCUT2D eigenvalue weighted by molar-refractivity contribution is 6.13. The summed E-state index contributed by atoms with van der Waals surface area (Å²) in [5, 5.41) is 8.75. The van der Waals surface area contributed by atoms with E-state index in [2.05, 4.69) is 40.1 Å². The second-order valence-corrected chi connectivity index (χ2v) is 15.1. The number of benzene rings is 2.